The van der Waals surface area contributed by atoms with Gasteiger partial charge in [-0.3, -0.25) is 15.3 Å². The molecule has 14 unspecified atom stereocenters. The van der Waals surface area contributed by atoms with E-state index in [0.29, 0.717) is 60.4 Å². The highest BCUT2D eigenvalue weighted by molar-refractivity contribution is 8.77. The van der Waals surface area contributed by atoms with Gasteiger partial charge in [-0.2, -0.15) is 0 Å². The number of carbonyl (C=O) groups excluding carboxylic acids is 3. The molecule has 5 saturated heterocycles. The molecule has 7 N–H and O–H groups in total. The van der Waals surface area contributed by atoms with Crippen LogP contribution in [0.25, 0.3) is 0 Å². The number of esters is 2. The molecule has 8 aliphatic rings. The van der Waals surface area contributed by atoms with Crippen LogP contribution in [0.4, 0.5) is 0 Å². The van der Waals surface area contributed by atoms with Gasteiger partial charge in [-0.15, -0.1) is 0 Å². The topological polar surface area (TPSA) is 162 Å². The van der Waals surface area contributed by atoms with E-state index in [1.54, 1.807) is 6.08 Å². The number of nitrogens with zero attached hydrogens (tertiary/aromatic N) is 1. The fourth-order valence-electron chi connectivity index (χ4n) is 12.0. The van der Waals surface area contributed by atoms with E-state index in [2.05, 4.69) is 35.6 Å². The third-order valence-electron chi connectivity index (χ3n) is 14.8. The maximum Gasteiger partial charge on any atom is 0.334 e. The normalized spacial score (nSPS) is 46.1. The summed E-state index contributed by atoms with van der Waals surface area (Å²) in [6, 6.07) is 0.885. The fourth-order valence-corrected chi connectivity index (χ4v) is 15.2. The Kier molecular flexibility index (Phi) is 10.6. The number of carbonyl (C=O) groups is 3. The number of hydrogen-bond acceptors (Lipinski definition) is 10. The molecule has 5 aliphatic heterocycles. The van der Waals surface area contributed by atoms with Gasteiger partial charge >= 0.3 is 11.9 Å². The predicted molar refractivity (Wildman–Crippen MR) is 198 cm³/mol. The van der Waals surface area contributed by atoms with Gasteiger partial charge in [-0.05, 0) is 57.3 Å². The van der Waals surface area contributed by atoms with Crippen LogP contribution in [0.5, 0.6) is 0 Å². The van der Waals surface area contributed by atoms with Crippen LogP contribution >= 0.6 is 21.6 Å². The third-order valence-corrected chi connectivity index (χ3v) is 17.6. The summed E-state index contributed by atoms with van der Waals surface area (Å²) >= 11 is 0. The maximum absolute atomic E-state index is 14.4. The van der Waals surface area contributed by atoms with Crippen molar-refractivity contribution in [2.75, 3.05) is 32.5 Å². The van der Waals surface area contributed by atoms with Crippen LogP contribution < -0.4 is 16.4 Å². The molecule has 1 amide bonds. The number of amides is 1. The van der Waals surface area contributed by atoms with Gasteiger partial charge in [-0.1, -0.05) is 39.3 Å². The summed E-state index contributed by atoms with van der Waals surface area (Å²) in [5, 5.41) is 14.8. The minimum Gasteiger partial charge on any atom is -0.462 e. The van der Waals surface area contributed by atoms with Crippen molar-refractivity contribution in [1.82, 2.24) is 4.90 Å². The van der Waals surface area contributed by atoms with Crippen LogP contribution in [0.3, 0.4) is 0 Å². The Labute approximate surface area is 316 Å². The number of aliphatic hydroxyl groups is 1. The van der Waals surface area contributed by atoms with E-state index < -0.39 is 17.2 Å². The van der Waals surface area contributed by atoms with Crippen molar-refractivity contribution in [2.24, 2.45) is 41.2 Å². The zero-order valence-electron chi connectivity index (χ0n) is 31.1. The van der Waals surface area contributed by atoms with Crippen LogP contribution in [0.2, 0.25) is 0 Å². The highest BCUT2D eigenvalue weighted by atomic mass is 33.1. The summed E-state index contributed by atoms with van der Waals surface area (Å²) in [6.07, 6.45) is 11.6. The second-order valence-corrected chi connectivity index (χ2v) is 20.0. The first-order chi connectivity index (χ1) is 25.1. The van der Waals surface area contributed by atoms with E-state index in [0.717, 1.165) is 50.9 Å². The molecule has 2 saturated carbocycles. The molecule has 7 fully saturated rings. The Hall–Kier alpha value is -1.61. The van der Waals surface area contributed by atoms with Gasteiger partial charge in [0.05, 0.1) is 37.7 Å². The molecule has 13 heteroatoms. The number of rotatable bonds is 5. The summed E-state index contributed by atoms with van der Waals surface area (Å²) in [5.41, 5.74) is 6.76. The molecular formula is C39H60N4O7S2+2. The second-order valence-electron chi connectivity index (χ2n) is 17.3. The smallest absolute Gasteiger partial charge is 0.334 e. The third kappa shape index (κ3) is 6.39. The SMILES string of the molecule is CC=C(CCO)C(=O)OC1(C)CC=C2CSSC3CCC([NH2+]C)C4CN(C(=O)CC5C[NH2+]C(N)CC5C2C12CC1CC5CCC(=O)OC5CC1O2)C34. The number of ether oxygens (including phenoxy) is 3. The Bertz CT molecular complexity index is 1480. The average molecular weight is 761 g/mol. The van der Waals surface area contributed by atoms with Crippen molar-refractivity contribution in [1.29, 1.82) is 0 Å². The van der Waals surface area contributed by atoms with Crippen LogP contribution in [0.15, 0.2) is 23.3 Å². The molecule has 1 spiro atoms. The Morgan fingerprint density at radius 2 is 2.02 bits per heavy atom. The first-order valence-electron chi connectivity index (χ1n) is 20.1. The quantitative estimate of drug-likeness (QED) is 0.140. The number of quaternary nitrogens is 2. The van der Waals surface area contributed by atoms with E-state index in [1.165, 1.54) is 12.0 Å². The van der Waals surface area contributed by atoms with Crippen molar-refractivity contribution in [3.05, 3.63) is 23.3 Å². The van der Waals surface area contributed by atoms with E-state index in [-0.39, 0.29) is 66.9 Å². The lowest BCUT2D eigenvalue weighted by Gasteiger charge is -2.58. The van der Waals surface area contributed by atoms with Gasteiger partial charge in [0.2, 0.25) is 5.91 Å². The van der Waals surface area contributed by atoms with Gasteiger partial charge in [0.15, 0.2) is 0 Å². The summed E-state index contributed by atoms with van der Waals surface area (Å²) in [7, 11) is 6.09. The van der Waals surface area contributed by atoms with Crippen molar-refractivity contribution >= 4 is 39.4 Å². The fraction of sp³-hybridized carbons (Fsp3) is 0.821. The number of nitrogens with two attached hydrogens (primary N) is 3. The minimum atomic E-state index is -0.999. The van der Waals surface area contributed by atoms with E-state index in [9.17, 15) is 19.5 Å². The first kappa shape index (κ1) is 37.3. The van der Waals surface area contributed by atoms with Crippen LogP contribution in [0, 0.1) is 35.5 Å². The largest absolute Gasteiger partial charge is 0.462 e. The maximum atomic E-state index is 14.4. The van der Waals surface area contributed by atoms with Crippen LogP contribution in [-0.2, 0) is 28.6 Å². The Morgan fingerprint density at radius 1 is 1.17 bits per heavy atom. The number of aliphatic hydroxyl groups excluding tert-OH is 1. The van der Waals surface area contributed by atoms with Crippen LogP contribution in [-0.4, -0.2) is 107 Å². The van der Waals surface area contributed by atoms with Crippen molar-refractivity contribution in [3.8, 4) is 0 Å². The Balaban J connectivity index is 1.19. The molecule has 8 rings (SSSR count). The minimum absolute atomic E-state index is 0.0633. The molecule has 288 valence electrons. The average Bonchev–Trinajstić information content (AvgIpc) is 3.47. The first-order valence-corrected chi connectivity index (χ1v) is 22.5. The molecule has 0 aromatic rings. The number of allylic oxidation sites excluding steroid dienone is 1. The van der Waals surface area contributed by atoms with Crippen molar-refractivity contribution < 1.29 is 44.3 Å². The molecule has 0 aromatic heterocycles. The predicted octanol–water partition coefficient (Wildman–Crippen LogP) is 1.64. The number of piperidine rings is 1. The molecular weight excluding hydrogens is 701 g/mol. The highest BCUT2D eigenvalue weighted by Gasteiger charge is 2.68. The Morgan fingerprint density at radius 3 is 2.81 bits per heavy atom. The van der Waals surface area contributed by atoms with E-state index >= 15 is 0 Å². The van der Waals surface area contributed by atoms with Gasteiger partial charge in [0, 0.05) is 86.5 Å². The van der Waals surface area contributed by atoms with Gasteiger partial charge in [-0.25, -0.2) is 4.79 Å². The lowest BCUT2D eigenvalue weighted by Crippen LogP contribution is -2.96. The van der Waals surface area contributed by atoms with Gasteiger partial charge < -0.3 is 34.9 Å². The molecule has 14 atom stereocenters. The molecule has 11 nitrogen and oxygen atoms in total. The zero-order valence-corrected chi connectivity index (χ0v) is 32.7. The molecule has 52 heavy (non-hydrogen) atoms. The lowest BCUT2D eigenvalue weighted by atomic mass is 9.56. The summed E-state index contributed by atoms with van der Waals surface area (Å²) in [5.74, 6) is 1.75. The molecule has 0 bridgehead atoms. The number of hydrogen-bond donors (Lipinski definition) is 4. The molecule has 5 heterocycles. The zero-order chi connectivity index (χ0) is 36.4. The summed E-state index contributed by atoms with van der Waals surface area (Å²) < 4.78 is 20.2. The van der Waals surface area contributed by atoms with Gasteiger partial charge in [0.1, 0.15) is 23.5 Å². The van der Waals surface area contributed by atoms with E-state index in [4.69, 9.17) is 19.9 Å². The second kappa shape index (κ2) is 14.8. The van der Waals surface area contributed by atoms with E-state index in [1.807, 2.05) is 28.5 Å². The molecule has 0 radical (unpaired) electrons. The monoisotopic (exact) mass is 760 g/mol. The van der Waals surface area contributed by atoms with Crippen LogP contribution in [0.1, 0.15) is 84.5 Å². The van der Waals surface area contributed by atoms with Crippen molar-refractivity contribution in [2.45, 2.75) is 131 Å². The summed E-state index contributed by atoms with van der Waals surface area (Å²) in [4.78, 5) is 43.0. The molecule has 0 aromatic carbocycles. The number of fused-ring (bicyclic) bond motifs is 6. The summed E-state index contributed by atoms with van der Waals surface area (Å²) in [6.45, 7) is 5.37. The van der Waals surface area contributed by atoms with Gasteiger partial charge in [0.25, 0.3) is 0 Å². The molecule has 3 aliphatic carbocycles. The van der Waals surface area contributed by atoms with Crippen molar-refractivity contribution in [3.63, 3.8) is 0 Å². The highest BCUT2D eigenvalue weighted by Crippen LogP contribution is 2.62. The standard InChI is InChI=1S/C39H58N4O7S2/c1-4-21(10-12-44)37(47)50-38(2)11-9-23-20-51-52-31-7-6-28(41-3)27-19-43(36(27)31)33(45)14-25-18-42-32(40)15-26(25)35(23)39(38)17-24-13-22-5-8-34(46)48-29(22)16-30(24)49-39/h4,9,22,24-32,35-36,41-42,44H,5-8,10-20,40H2,1-3H3/p+2. The lowest BCUT2D eigenvalue weighted by molar-refractivity contribution is -0.706.